The lowest BCUT2D eigenvalue weighted by molar-refractivity contribution is -0.114. The number of carbonyl (C=O) groups excluding carboxylic acids is 1. The molecule has 0 atom stereocenters. The summed E-state index contributed by atoms with van der Waals surface area (Å²) in [6, 6.07) is 23.4. The molecule has 0 fully saturated rings. The third kappa shape index (κ3) is 5.18. The number of amides is 1. The van der Waals surface area contributed by atoms with Crippen LogP contribution in [0.1, 0.15) is 18.1 Å². The largest absolute Gasteiger partial charge is 0.326 e. The van der Waals surface area contributed by atoms with Crippen molar-refractivity contribution in [3.8, 4) is 0 Å². The molecule has 0 spiro atoms. The van der Waals surface area contributed by atoms with Crippen LogP contribution in [0, 0.1) is 0 Å². The monoisotopic (exact) mass is 380 g/mol. The molecule has 0 bridgehead atoms. The Morgan fingerprint density at radius 3 is 1.93 bits per heavy atom. The molecule has 0 unspecified atom stereocenters. The molecule has 138 valence electrons. The number of hydrogen-bond acceptors (Lipinski definition) is 3. The van der Waals surface area contributed by atoms with Crippen LogP contribution in [0.5, 0.6) is 0 Å². The fourth-order valence-electron chi connectivity index (χ4n) is 2.66. The van der Waals surface area contributed by atoms with Crippen LogP contribution in [0.25, 0.3) is 0 Å². The summed E-state index contributed by atoms with van der Waals surface area (Å²) in [5.41, 5.74) is 3.35. The van der Waals surface area contributed by atoms with Gasteiger partial charge in [0.25, 0.3) is 10.0 Å². The molecule has 0 aromatic heterocycles. The van der Waals surface area contributed by atoms with E-state index in [4.69, 9.17) is 0 Å². The fourth-order valence-corrected chi connectivity index (χ4v) is 3.72. The van der Waals surface area contributed by atoms with Gasteiger partial charge in [0.15, 0.2) is 0 Å². The molecule has 1 amide bonds. The molecule has 0 saturated carbocycles. The topological polar surface area (TPSA) is 75.3 Å². The van der Waals surface area contributed by atoms with Crippen molar-refractivity contribution in [2.24, 2.45) is 0 Å². The molecule has 5 nitrogen and oxygen atoms in total. The van der Waals surface area contributed by atoms with Gasteiger partial charge in [0.05, 0.1) is 4.90 Å². The Hall–Kier alpha value is -3.12. The number of hydrogen-bond donors (Lipinski definition) is 2. The number of anilines is 2. The van der Waals surface area contributed by atoms with Crippen molar-refractivity contribution in [1.82, 2.24) is 0 Å². The maximum absolute atomic E-state index is 12.5. The quantitative estimate of drug-likeness (QED) is 0.678. The van der Waals surface area contributed by atoms with Crippen molar-refractivity contribution in [2.75, 3.05) is 10.0 Å². The molecule has 6 heteroatoms. The molecular formula is C21H20N2O3S. The number of benzene rings is 3. The number of rotatable bonds is 6. The van der Waals surface area contributed by atoms with Crippen LogP contribution in [-0.2, 0) is 21.2 Å². The average Bonchev–Trinajstić information content (AvgIpc) is 2.64. The Bertz CT molecular complexity index is 1010. The van der Waals surface area contributed by atoms with E-state index in [2.05, 4.69) is 22.2 Å². The van der Waals surface area contributed by atoms with E-state index in [1.54, 1.807) is 24.3 Å². The van der Waals surface area contributed by atoms with Gasteiger partial charge >= 0.3 is 0 Å². The third-order valence-corrected chi connectivity index (χ3v) is 5.34. The van der Waals surface area contributed by atoms with E-state index in [9.17, 15) is 13.2 Å². The SMILES string of the molecule is CC(=O)Nc1ccc(S(=O)(=O)Nc2ccc(Cc3ccccc3)cc2)cc1. The minimum Gasteiger partial charge on any atom is -0.326 e. The highest BCUT2D eigenvalue weighted by atomic mass is 32.2. The zero-order chi connectivity index (χ0) is 19.3. The lowest BCUT2D eigenvalue weighted by Gasteiger charge is -2.10. The van der Waals surface area contributed by atoms with Gasteiger partial charge in [-0.3, -0.25) is 9.52 Å². The van der Waals surface area contributed by atoms with Crippen molar-refractivity contribution in [3.63, 3.8) is 0 Å². The standard InChI is InChI=1S/C21H20N2O3S/c1-16(24)22-19-11-13-21(14-12-19)27(25,26)23-20-9-7-18(8-10-20)15-17-5-3-2-4-6-17/h2-14,23H,15H2,1H3,(H,22,24). The van der Waals surface area contributed by atoms with Crippen molar-refractivity contribution in [3.05, 3.63) is 90.0 Å². The molecule has 27 heavy (non-hydrogen) atoms. The minimum atomic E-state index is -3.69. The zero-order valence-electron chi connectivity index (χ0n) is 14.8. The highest BCUT2D eigenvalue weighted by Gasteiger charge is 2.14. The van der Waals surface area contributed by atoms with Gasteiger partial charge in [-0.05, 0) is 53.9 Å². The Kier molecular flexibility index (Phi) is 5.57. The molecule has 0 aliphatic rings. The van der Waals surface area contributed by atoms with Crippen LogP contribution < -0.4 is 10.0 Å². The second-order valence-corrected chi connectivity index (χ2v) is 7.85. The Morgan fingerprint density at radius 2 is 1.33 bits per heavy atom. The predicted molar refractivity (Wildman–Crippen MR) is 107 cm³/mol. The van der Waals surface area contributed by atoms with Crippen LogP contribution in [0.15, 0.2) is 83.8 Å². The van der Waals surface area contributed by atoms with E-state index in [0.717, 1.165) is 12.0 Å². The highest BCUT2D eigenvalue weighted by Crippen LogP contribution is 2.19. The van der Waals surface area contributed by atoms with Gasteiger partial charge < -0.3 is 5.32 Å². The van der Waals surface area contributed by atoms with Gasteiger partial charge in [-0.2, -0.15) is 0 Å². The molecule has 0 saturated heterocycles. The molecule has 0 aliphatic carbocycles. The van der Waals surface area contributed by atoms with Gasteiger partial charge in [0.1, 0.15) is 0 Å². The first-order valence-corrected chi connectivity index (χ1v) is 9.94. The molecule has 2 N–H and O–H groups in total. The molecule has 3 aromatic rings. The highest BCUT2D eigenvalue weighted by molar-refractivity contribution is 7.92. The molecule has 0 heterocycles. The third-order valence-electron chi connectivity index (χ3n) is 3.94. The first-order valence-electron chi connectivity index (χ1n) is 8.46. The van der Waals surface area contributed by atoms with E-state index in [1.165, 1.54) is 24.6 Å². The summed E-state index contributed by atoms with van der Waals surface area (Å²) in [7, 11) is -3.69. The van der Waals surface area contributed by atoms with Crippen molar-refractivity contribution >= 4 is 27.3 Å². The van der Waals surface area contributed by atoms with Crippen LogP contribution in [-0.4, -0.2) is 14.3 Å². The summed E-state index contributed by atoms with van der Waals surface area (Å²) in [4.78, 5) is 11.2. The first kappa shape index (κ1) is 18.7. The zero-order valence-corrected chi connectivity index (χ0v) is 15.7. The fraction of sp³-hybridized carbons (Fsp3) is 0.0952. The van der Waals surface area contributed by atoms with Gasteiger partial charge in [0, 0.05) is 18.3 Å². The van der Waals surface area contributed by atoms with Crippen molar-refractivity contribution < 1.29 is 13.2 Å². The molecular weight excluding hydrogens is 360 g/mol. The van der Waals surface area contributed by atoms with E-state index in [0.29, 0.717) is 11.4 Å². The lowest BCUT2D eigenvalue weighted by atomic mass is 10.1. The van der Waals surface area contributed by atoms with E-state index in [-0.39, 0.29) is 10.8 Å². The summed E-state index contributed by atoms with van der Waals surface area (Å²) >= 11 is 0. The van der Waals surface area contributed by atoms with Crippen LogP contribution in [0.2, 0.25) is 0 Å². The summed E-state index contributed by atoms with van der Waals surface area (Å²) in [5, 5.41) is 2.61. The number of sulfonamides is 1. The Balaban J connectivity index is 1.69. The van der Waals surface area contributed by atoms with Gasteiger partial charge in [-0.15, -0.1) is 0 Å². The smallest absolute Gasteiger partial charge is 0.261 e. The van der Waals surface area contributed by atoms with Crippen LogP contribution in [0.3, 0.4) is 0 Å². The molecule has 0 aliphatic heterocycles. The molecule has 0 radical (unpaired) electrons. The van der Waals surface area contributed by atoms with Crippen molar-refractivity contribution in [2.45, 2.75) is 18.2 Å². The average molecular weight is 380 g/mol. The van der Waals surface area contributed by atoms with E-state index >= 15 is 0 Å². The molecule has 3 aromatic carbocycles. The van der Waals surface area contributed by atoms with Crippen LogP contribution in [0.4, 0.5) is 11.4 Å². The van der Waals surface area contributed by atoms with Gasteiger partial charge in [-0.25, -0.2) is 8.42 Å². The second kappa shape index (κ2) is 8.05. The summed E-state index contributed by atoms with van der Waals surface area (Å²) in [6.45, 7) is 1.40. The summed E-state index contributed by atoms with van der Waals surface area (Å²) in [5.74, 6) is -0.209. The minimum absolute atomic E-state index is 0.130. The number of nitrogens with one attached hydrogen (secondary N) is 2. The van der Waals surface area contributed by atoms with Crippen LogP contribution >= 0.6 is 0 Å². The Labute approximate surface area is 159 Å². The normalized spacial score (nSPS) is 11.0. The maximum atomic E-state index is 12.5. The summed E-state index contributed by atoms with van der Waals surface area (Å²) < 4.78 is 27.6. The number of carbonyl (C=O) groups is 1. The van der Waals surface area contributed by atoms with E-state index < -0.39 is 10.0 Å². The summed E-state index contributed by atoms with van der Waals surface area (Å²) in [6.07, 6.45) is 0.790. The van der Waals surface area contributed by atoms with E-state index in [1.807, 2.05) is 30.3 Å². The maximum Gasteiger partial charge on any atom is 0.261 e. The first-order chi connectivity index (χ1) is 12.9. The van der Waals surface area contributed by atoms with Gasteiger partial charge in [-0.1, -0.05) is 42.5 Å². The second-order valence-electron chi connectivity index (χ2n) is 6.17. The Morgan fingerprint density at radius 1 is 0.778 bits per heavy atom. The lowest BCUT2D eigenvalue weighted by Crippen LogP contribution is -2.13. The predicted octanol–water partition coefficient (Wildman–Crippen LogP) is 4.04. The molecule has 3 rings (SSSR count). The van der Waals surface area contributed by atoms with Crippen molar-refractivity contribution in [1.29, 1.82) is 0 Å². The van der Waals surface area contributed by atoms with Gasteiger partial charge in [0.2, 0.25) is 5.91 Å².